The molecule has 2 atom stereocenters. The van der Waals surface area contributed by atoms with Gasteiger partial charge in [0.1, 0.15) is 5.82 Å². The highest BCUT2D eigenvalue weighted by molar-refractivity contribution is 5.25. The molecule has 0 amide bonds. The number of aryl methyl sites for hydroxylation is 1. The first-order valence-corrected chi connectivity index (χ1v) is 7.59. The van der Waals surface area contributed by atoms with Gasteiger partial charge in [-0.15, -0.1) is 0 Å². The second-order valence-corrected chi connectivity index (χ2v) is 5.72. The van der Waals surface area contributed by atoms with E-state index in [1.807, 2.05) is 30.3 Å². The van der Waals surface area contributed by atoms with Crippen molar-refractivity contribution in [2.24, 2.45) is 7.05 Å². The Bertz CT molecular complexity index is 603. The Hall–Kier alpha value is -1.66. The molecule has 0 bridgehead atoms. The third-order valence-electron chi connectivity index (χ3n) is 4.27. The topological polar surface area (TPSA) is 67.9 Å². The lowest BCUT2D eigenvalue weighted by atomic mass is 9.92. The smallest absolute Gasteiger partial charge is 0.125 e. The molecule has 0 aliphatic heterocycles. The summed E-state index contributed by atoms with van der Waals surface area (Å²) in [5.41, 5.74) is 2.54. The van der Waals surface area contributed by atoms with E-state index in [1.165, 1.54) is 11.3 Å². The number of hydrogen-bond acceptors (Lipinski definition) is 4. The van der Waals surface area contributed by atoms with Crippen LogP contribution in [0, 0.1) is 0 Å². The van der Waals surface area contributed by atoms with Crippen LogP contribution >= 0.6 is 0 Å². The van der Waals surface area contributed by atoms with Crippen LogP contribution in [0.3, 0.4) is 0 Å². The quantitative estimate of drug-likeness (QED) is 0.871. The van der Waals surface area contributed by atoms with E-state index in [0.29, 0.717) is 12.6 Å². The Morgan fingerprint density at radius 1 is 1.52 bits per heavy atom. The van der Waals surface area contributed by atoms with Gasteiger partial charge in [0.15, 0.2) is 0 Å². The fraction of sp³-hybridized carbons (Fsp3) is 0.600. The second-order valence-electron chi connectivity index (χ2n) is 5.72. The van der Waals surface area contributed by atoms with E-state index in [4.69, 9.17) is 5.11 Å². The Balaban J connectivity index is 1.78. The zero-order chi connectivity index (χ0) is 14.8. The number of aliphatic hydroxyl groups excluding tert-OH is 1. The van der Waals surface area contributed by atoms with Crippen LogP contribution in [-0.4, -0.2) is 31.0 Å². The third-order valence-corrected chi connectivity index (χ3v) is 4.27. The van der Waals surface area contributed by atoms with Gasteiger partial charge in [0.25, 0.3) is 0 Å². The van der Waals surface area contributed by atoms with Crippen molar-refractivity contribution >= 4 is 0 Å². The van der Waals surface area contributed by atoms with Gasteiger partial charge in [0.2, 0.25) is 0 Å². The van der Waals surface area contributed by atoms with Gasteiger partial charge in [0.05, 0.1) is 25.4 Å². The molecule has 6 nitrogen and oxygen atoms in total. The first kappa shape index (κ1) is 14.3. The Labute approximate surface area is 124 Å². The van der Waals surface area contributed by atoms with Gasteiger partial charge >= 0.3 is 0 Å². The lowest BCUT2D eigenvalue weighted by molar-refractivity contribution is 0.266. The molecule has 21 heavy (non-hydrogen) atoms. The molecule has 0 spiro atoms. The largest absolute Gasteiger partial charge is 0.394 e. The summed E-state index contributed by atoms with van der Waals surface area (Å²) in [4.78, 5) is 4.42. The second kappa shape index (κ2) is 5.99. The van der Waals surface area contributed by atoms with Crippen LogP contribution in [-0.2, 0) is 20.0 Å². The highest BCUT2D eigenvalue weighted by atomic mass is 16.3. The summed E-state index contributed by atoms with van der Waals surface area (Å²) in [5.74, 6) is 1.05. The minimum absolute atomic E-state index is 0.135. The lowest BCUT2D eigenvalue weighted by Gasteiger charge is -2.27. The van der Waals surface area contributed by atoms with Gasteiger partial charge in [-0.2, -0.15) is 5.10 Å². The molecule has 3 rings (SSSR count). The van der Waals surface area contributed by atoms with Crippen molar-refractivity contribution in [2.75, 3.05) is 6.61 Å². The molecule has 1 aliphatic carbocycles. The Kier molecular flexibility index (Phi) is 4.07. The number of imidazole rings is 1. The van der Waals surface area contributed by atoms with Crippen molar-refractivity contribution in [2.45, 2.75) is 44.8 Å². The van der Waals surface area contributed by atoms with E-state index in [-0.39, 0.29) is 12.6 Å². The van der Waals surface area contributed by atoms with Crippen LogP contribution in [0.25, 0.3) is 0 Å². The molecule has 2 N–H and O–H groups in total. The molecule has 2 unspecified atom stereocenters. The maximum Gasteiger partial charge on any atom is 0.125 e. The van der Waals surface area contributed by atoms with Crippen molar-refractivity contribution in [3.63, 3.8) is 0 Å². The Morgan fingerprint density at radius 2 is 2.38 bits per heavy atom. The summed E-state index contributed by atoms with van der Waals surface area (Å²) in [5, 5.41) is 17.2. The highest BCUT2D eigenvalue weighted by Gasteiger charge is 2.26. The van der Waals surface area contributed by atoms with E-state index in [2.05, 4.69) is 26.9 Å². The van der Waals surface area contributed by atoms with Gasteiger partial charge in [-0.1, -0.05) is 0 Å². The van der Waals surface area contributed by atoms with E-state index < -0.39 is 0 Å². The first-order valence-electron chi connectivity index (χ1n) is 7.59. The van der Waals surface area contributed by atoms with Crippen molar-refractivity contribution < 1.29 is 5.11 Å². The predicted molar refractivity (Wildman–Crippen MR) is 79.8 cm³/mol. The number of aliphatic hydroxyl groups is 1. The maximum absolute atomic E-state index is 9.12. The number of nitrogens with zero attached hydrogens (tertiary/aromatic N) is 4. The van der Waals surface area contributed by atoms with Gasteiger partial charge in [-0.25, -0.2) is 4.98 Å². The van der Waals surface area contributed by atoms with E-state index in [1.54, 1.807) is 0 Å². The average molecular weight is 289 g/mol. The number of nitrogens with one attached hydrogen (secondary N) is 1. The monoisotopic (exact) mass is 289 g/mol. The van der Waals surface area contributed by atoms with Crippen molar-refractivity contribution in [1.82, 2.24) is 24.6 Å². The summed E-state index contributed by atoms with van der Waals surface area (Å²) in [6, 6.07) is 0.509. The molecule has 0 saturated carbocycles. The predicted octanol–water partition coefficient (Wildman–Crippen LogP) is 1.34. The summed E-state index contributed by atoms with van der Waals surface area (Å²) in [6.07, 6.45) is 9.07. The first-order chi connectivity index (χ1) is 10.2. The Morgan fingerprint density at radius 3 is 3.10 bits per heavy atom. The zero-order valence-electron chi connectivity index (χ0n) is 12.7. The number of rotatable bonds is 5. The molecule has 0 radical (unpaired) electrons. The summed E-state index contributed by atoms with van der Waals surface area (Å²) in [7, 11) is 2.02. The SMILES string of the molecule is CC(NC1CCCc2c1cnn2CCO)c1nccn1C. The molecular formula is C15H23N5O. The van der Waals surface area contributed by atoms with Crippen LogP contribution in [0.2, 0.25) is 0 Å². The van der Waals surface area contributed by atoms with Crippen LogP contribution in [0.5, 0.6) is 0 Å². The van der Waals surface area contributed by atoms with Crippen molar-refractivity contribution in [3.8, 4) is 0 Å². The van der Waals surface area contributed by atoms with E-state index in [0.717, 1.165) is 25.1 Å². The van der Waals surface area contributed by atoms with Crippen LogP contribution in [0.1, 0.15) is 48.9 Å². The zero-order valence-corrected chi connectivity index (χ0v) is 12.7. The summed E-state index contributed by atoms with van der Waals surface area (Å²) >= 11 is 0. The number of hydrogen-bond donors (Lipinski definition) is 2. The molecule has 1 aliphatic rings. The molecule has 114 valence electrons. The minimum Gasteiger partial charge on any atom is -0.394 e. The summed E-state index contributed by atoms with van der Waals surface area (Å²) < 4.78 is 3.99. The normalized spacial score (nSPS) is 19.5. The maximum atomic E-state index is 9.12. The molecule has 2 heterocycles. The van der Waals surface area contributed by atoms with Gasteiger partial charge in [-0.05, 0) is 26.2 Å². The fourth-order valence-electron chi connectivity index (χ4n) is 3.25. The van der Waals surface area contributed by atoms with Gasteiger partial charge in [-0.3, -0.25) is 4.68 Å². The molecule has 0 aromatic carbocycles. The molecule has 0 fully saturated rings. The van der Waals surface area contributed by atoms with Crippen molar-refractivity contribution in [1.29, 1.82) is 0 Å². The number of fused-ring (bicyclic) bond motifs is 1. The molecule has 2 aromatic rings. The molecule has 2 aromatic heterocycles. The standard InChI is InChI=1S/C15H23N5O/c1-11(15-16-6-7-19(15)2)18-13-4-3-5-14-12(13)10-17-20(14)8-9-21/h6-7,10-11,13,18,21H,3-5,8-9H2,1-2H3. The van der Waals surface area contributed by atoms with Crippen LogP contribution in [0.15, 0.2) is 18.6 Å². The third kappa shape index (κ3) is 2.73. The van der Waals surface area contributed by atoms with Gasteiger partial charge < -0.3 is 15.0 Å². The van der Waals surface area contributed by atoms with Crippen LogP contribution < -0.4 is 5.32 Å². The minimum atomic E-state index is 0.135. The van der Waals surface area contributed by atoms with Gasteiger partial charge in [0, 0.05) is 36.7 Å². The average Bonchev–Trinajstić information content (AvgIpc) is 3.07. The lowest BCUT2D eigenvalue weighted by Crippen LogP contribution is -2.29. The molecule has 0 saturated heterocycles. The number of aromatic nitrogens is 4. The highest BCUT2D eigenvalue weighted by Crippen LogP contribution is 2.31. The summed E-state index contributed by atoms with van der Waals surface area (Å²) in [6.45, 7) is 2.86. The van der Waals surface area contributed by atoms with Crippen LogP contribution in [0.4, 0.5) is 0 Å². The van der Waals surface area contributed by atoms with E-state index in [9.17, 15) is 0 Å². The van der Waals surface area contributed by atoms with E-state index >= 15 is 0 Å². The molecular weight excluding hydrogens is 266 g/mol. The van der Waals surface area contributed by atoms with Crippen molar-refractivity contribution in [3.05, 3.63) is 35.7 Å². The fourth-order valence-corrected chi connectivity index (χ4v) is 3.25. The molecule has 6 heteroatoms.